The van der Waals surface area contributed by atoms with Crippen LogP contribution in [-0.2, 0) is 6.18 Å². The maximum Gasteiger partial charge on any atom is 0.416 e. The number of alkyl halides is 3. The van der Waals surface area contributed by atoms with Crippen molar-refractivity contribution in [3.8, 4) is 0 Å². The highest BCUT2D eigenvalue weighted by atomic mass is 19.4. The van der Waals surface area contributed by atoms with Crippen LogP contribution in [0.15, 0.2) is 42.5 Å². The van der Waals surface area contributed by atoms with E-state index in [9.17, 15) is 32.3 Å². The fourth-order valence-electron chi connectivity index (χ4n) is 4.83. The lowest BCUT2D eigenvalue weighted by Gasteiger charge is -2.22. The molecule has 1 heterocycles. The molecule has 0 bridgehead atoms. The SMILES string of the molecule is O=C(O)c1cc(F)ccc1NC(=O)N1C[C@H]2C[C@H](c3ccccc3C(F)(F)F)C[C@H]2C1. The number of carboxylic acid groups (broad SMARTS) is 1. The van der Waals surface area contributed by atoms with E-state index in [0.717, 1.165) is 18.2 Å². The summed E-state index contributed by atoms with van der Waals surface area (Å²) in [6, 6.07) is 8.21. The zero-order valence-electron chi connectivity index (χ0n) is 16.3. The van der Waals surface area contributed by atoms with Gasteiger partial charge in [-0.15, -0.1) is 0 Å². The Bertz CT molecular complexity index is 1010. The summed E-state index contributed by atoms with van der Waals surface area (Å²) in [5, 5.41) is 11.7. The number of rotatable bonds is 3. The molecular weight excluding hydrogens is 416 g/mol. The third-order valence-corrected chi connectivity index (χ3v) is 6.20. The van der Waals surface area contributed by atoms with E-state index in [1.807, 2.05) is 0 Å². The highest BCUT2D eigenvalue weighted by Gasteiger charge is 2.45. The molecular formula is C22H20F4N2O3. The Morgan fingerprint density at radius 1 is 1.03 bits per heavy atom. The number of fused-ring (bicyclic) bond motifs is 1. The molecule has 2 N–H and O–H groups in total. The summed E-state index contributed by atoms with van der Waals surface area (Å²) in [5.74, 6) is -2.15. The number of likely N-dealkylation sites (tertiary alicyclic amines) is 1. The number of amides is 2. The average molecular weight is 436 g/mol. The Hall–Kier alpha value is -3.10. The molecule has 3 atom stereocenters. The van der Waals surface area contributed by atoms with Crippen molar-refractivity contribution in [2.45, 2.75) is 24.9 Å². The Kier molecular flexibility index (Phi) is 5.36. The predicted molar refractivity (Wildman–Crippen MR) is 104 cm³/mol. The summed E-state index contributed by atoms with van der Waals surface area (Å²) in [5.41, 5.74) is -0.658. The maximum atomic E-state index is 13.4. The van der Waals surface area contributed by atoms with Gasteiger partial charge in [0.05, 0.1) is 16.8 Å². The van der Waals surface area contributed by atoms with E-state index >= 15 is 0 Å². The second-order valence-corrected chi connectivity index (χ2v) is 8.10. The first-order valence-corrected chi connectivity index (χ1v) is 9.88. The highest BCUT2D eigenvalue weighted by Crippen LogP contribution is 2.48. The highest BCUT2D eigenvalue weighted by molar-refractivity contribution is 6.00. The van der Waals surface area contributed by atoms with Gasteiger partial charge >= 0.3 is 18.2 Å². The molecule has 1 aliphatic heterocycles. The smallest absolute Gasteiger partial charge is 0.416 e. The van der Waals surface area contributed by atoms with Crippen LogP contribution in [0, 0.1) is 17.7 Å². The number of hydrogen-bond acceptors (Lipinski definition) is 2. The topological polar surface area (TPSA) is 69.6 Å². The lowest BCUT2D eigenvalue weighted by molar-refractivity contribution is -0.138. The zero-order valence-corrected chi connectivity index (χ0v) is 16.3. The molecule has 1 saturated heterocycles. The molecule has 164 valence electrons. The van der Waals surface area contributed by atoms with E-state index in [0.29, 0.717) is 31.5 Å². The van der Waals surface area contributed by atoms with Gasteiger partial charge in [0.15, 0.2) is 0 Å². The largest absolute Gasteiger partial charge is 0.478 e. The van der Waals surface area contributed by atoms with Crippen LogP contribution in [0.4, 0.5) is 28.0 Å². The van der Waals surface area contributed by atoms with Crippen molar-refractivity contribution >= 4 is 17.7 Å². The molecule has 9 heteroatoms. The van der Waals surface area contributed by atoms with Crippen molar-refractivity contribution in [3.05, 3.63) is 65.0 Å². The number of carbonyl (C=O) groups excluding carboxylic acids is 1. The van der Waals surface area contributed by atoms with Crippen LogP contribution in [0.3, 0.4) is 0 Å². The normalized spacial score (nSPS) is 23.0. The molecule has 0 radical (unpaired) electrons. The van der Waals surface area contributed by atoms with Gasteiger partial charge in [-0.05, 0) is 60.4 Å². The molecule has 2 fully saturated rings. The van der Waals surface area contributed by atoms with Crippen LogP contribution >= 0.6 is 0 Å². The molecule has 2 aliphatic rings. The van der Waals surface area contributed by atoms with Gasteiger partial charge < -0.3 is 15.3 Å². The number of anilines is 1. The number of benzene rings is 2. The quantitative estimate of drug-likeness (QED) is 0.650. The molecule has 1 saturated carbocycles. The van der Waals surface area contributed by atoms with Crippen LogP contribution in [-0.4, -0.2) is 35.1 Å². The van der Waals surface area contributed by atoms with Crippen LogP contribution in [0.1, 0.15) is 40.2 Å². The van der Waals surface area contributed by atoms with E-state index in [1.165, 1.54) is 23.1 Å². The predicted octanol–water partition coefficient (Wildman–Crippen LogP) is 5.20. The summed E-state index contributed by atoms with van der Waals surface area (Å²) < 4.78 is 53.4. The molecule has 31 heavy (non-hydrogen) atoms. The van der Waals surface area contributed by atoms with Crippen LogP contribution in [0.5, 0.6) is 0 Å². The first-order valence-electron chi connectivity index (χ1n) is 9.88. The van der Waals surface area contributed by atoms with Gasteiger partial charge in [0.25, 0.3) is 0 Å². The molecule has 2 aromatic rings. The molecule has 0 unspecified atom stereocenters. The molecule has 4 rings (SSSR count). The van der Waals surface area contributed by atoms with Gasteiger partial charge in [0.2, 0.25) is 0 Å². The molecule has 2 amide bonds. The second-order valence-electron chi connectivity index (χ2n) is 8.10. The number of nitrogens with one attached hydrogen (secondary N) is 1. The van der Waals surface area contributed by atoms with Crippen LogP contribution in [0.25, 0.3) is 0 Å². The van der Waals surface area contributed by atoms with Crippen molar-refractivity contribution in [1.82, 2.24) is 4.90 Å². The van der Waals surface area contributed by atoms with Gasteiger partial charge in [0.1, 0.15) is 5.82 Å². The van der Waals surface area contributed by atoms with Crippen molar-refractivity contribution in [2.75, 3.05) is 18.4 Å². The van der Waals surface area contributed by atoms with E-state index in [1.54, 1.807) is 6.07 Å². The van der Waals surface area contributed by atoms with Gasteiger partial charge in [0, 0.05) is 13.1 Å². The zero-order chi connectivity index (χ0) is 22.3. The number of aromatic carboxylic acids is 1. The fourth-order valence-corrected chi connectivity index (χ4v) is 4.83. The van der Waals surface area contributed by atoms with Crippen molar-refractivity contribution in [1.29, 1.82) is 0 Å². The summed E-state index contributed by atoms with van der Waals surface area (Å²) in [6.07, 6.45) is -3.30. The number of urea groups is 1. The third-order valence-electron chi connectivity index (χ3n) is 6.20. The van der Waals surface area contributed by atoms with Crippen LogP contribution in [0.2, 0.25) is 0 Å². The summed E-state index contributed by atoms with van der Waals surface area (Å²) in [6.45, 7) is 0.759. The van der Waals surface area contributed by atoms with Gasteiger partial charge in [-0.1, -0.05) is 18.2 Å². The minimum Gasteiger partial charge on any atom is -0.478 e. The number of halogens is 4. The molecule has 1 aliphatic carbocycles. The standard InChI is InChI=1S/C22H20F4N2O3/c23-15-5-6-19(17(9-15)20(29)30)27-21(31)28-10-13-7-12(8-14(13)11-28)16-3-1-2-4-18(16)22(24,25)26/h1-6,9,12-14H,7-8,10-11H2,(H,27,31)(H,29,30)/t12-,13+,14-. The molecule has 0 aromatic heterocycles. The second kappa shape index (κ2) is 7.86. The number of nitrogens with zero attached hydrogens (tertiary/aromatic N) is 1. The Balaban J connectivity index is 1.43. The number of carboxylic acids is 1. The summed E-state index contributed by atoms with van der Waals surface area (Å²) in [4.78, 5) is 25.5. The lowest BCUT2D eigenvalue weighted by atomic mass is 9.91. The number of carbonyl (C=O) groups is 2. The maximum absolute atomic E-state index is 13.4. The van der Waals surface area contributed by atoms with E-state index < -0.39 is 29.6 Å². The minimum atomic E-state index is -4.41. The van der Waals surface area contributed by atoms with E-state index in [4.69, 9.17) is 0 Å². The molecule has 2 aromatic carbocycles. The minimum absolute atomic E-state index is 0.00654. The summed E-state index contributed by atoms with van der Waals surface area (Å²) >= 11 is 0. The van der Waals surface area contributed by atoms with Gasteiger partial charge in [-0.2, -0.15) is 13.2 Å². The number of hydrogen-bond donors (Lipinski definition) is 2. The average Bonchev–Trinajstić information content (AvgIpc) is 3.28. The Morgan fingerprint density at radius 3 is 2.29 bits per heavy atom. The van der Waals surface area contributed by atoms with Crippen molar-refractivity contribution in [2.24, 2.45) is 11.8 Å². The fraction of sp³-hybridized carbons (Fsp3) is 0.364. The Morgan fingerprint density at radius 2 is 1.68 bits per heavy atom. The molecule has 5 nitrogen and oxygen atoms in total. The van der Waals surface area contributed by atoms with Crippen LogP contribution < -0.4 is 5.32 Å². The van der Waals surface area contributed by atoms with E-state index in [-0.39, 0.29) is 29.0 Å². The lowest BCUT2D eigenvalue weighted by Crippen LogP contribution is -2.34. The third kappa shape index (κ3) is 4.22. The van der Waals surface area contributed by atoms with E-state index in [2.05, 4.69) is 5.32 Å². The van der Waals surface area contributed by atoms with Crippen molar-refractivity contribution < 1.29 is 32.3 Å². The van der Waals surface area contributed by atoms with Gasteiger partial charge in [-0.3, -0.25) is 0 Å². The molecule has 0 spiro atoms. The van der Waals surface area contributed by atoms with Crippen molar-refractivity contribution in [3.63, 3.8) is 0 Å². The monoisotopic (exact) mass is 436 g/mol. The Labute approximate surface area is 175 Å². The van der Waals surface area contributed by atoms with Gasteiger partial charge in [-0.25, -0.2) is 14.0 Å². The first kappa shape index (κ1) is 21.1. The first-order chi connectivity index (χ1) is 14.6. The summed E-state index contributed by atoms with van der Waals surface area (Å²) in [7, 11) is 0.